The third-order valence-corrected chi connectivity index (χ3v) is 6.07. The normalized spacial score (nSPS) is 24.2. The van der Waals surface area contributed by atoms with Crippen molar-refractivity contribution >= 4 is 22.0 Å². The molecule has 0 aromatic rings. The van der Waals surface area contributed by atoms with E-state index in [-0.39, 0.29) is 35.6 Å². The second-order valence-corrected chi connectivity index (χ2v) is 8.31. The fourth-order valence-corrected chi connectivity index (χ4v) is 4.79. The van der Waals surface area contributed by atoms with Crippen LogP contribution in [0.15, 0.2) is 0 Å². The van der Waals surface area contributed by atoms with E-state index in [1.54, 1.807) is 11.8 Å². The maximum atomic E-state index is 11.9. The summed E-state index contributed by atoms with van der Waals surface area (Å²) in [5, 5.41) is 5.62. The van der Waals surface area contributed by atoms with E-state index in [1.165, 1.54) is 0 Å². The molecule has 0 bridgehead atoms. The van der Waals surface area contributed by atoms with Gasteiger partial charge in [-0.2, -0.15) is 0 Å². The highest BCUT2D eigenvalue weighted by Gasteiger charge is 2.28. The fourth-order valence-electron chi connectivity index (χ4n) is 2.93. The number of ether oxygens (including phenoxy) is 1. The van der Waals surface area contributed by atoms with Crippen molar-refractivity contribution in [3.63, 3.8) is 0 Å². The topological polar surface area (TPSA) is 105 Å². The SMILES string of the molecule is CCOC(=O)N1CCC(NC(=O)NCC2CCS(=O)(=O)C2)CC1. The number of carbonyl (C=O) groups excluding carboxylic acids is 2. The zero-order valence-electron chi connectivity index (χ0n) is 13.4. The molecule has 0 saturated carbocycles. The minimum atomic E-state index is -2.91. The van der Waals surface area contributed by atoms with E-state index in [9.17, 15) is 18.0 Å². The van der Waals surface area contributed by atoms with E-state index in [1.807, 2.05) is 0 Å². The smallest absolute Gasteiger partial charge is 0.409 e. The average Bonchev–Trinajstić information content (AvgIpc) is 2.85. The number of likely N-dealkylation sites (tertiary alicyclic amines) is 1. The molecule has 23 heavy (non-hydrogen) atoms. The molecular weight excluding hydrogens is 322 g/mol. The number of amides is 3. The van der Waals surface area contributed by atoms with Crippen LogP contribution in [-0.4, -0.2) is 69.2 Å². The predicted molar refractivity (Wildman–Crippen MR) is 84.9 cm³/mol. The van der Waals surface area contributed by atoms with E-state index in [4.69, 9.17) is 4.74 Å². The molecule has 0 aromatic heterocycles. The molecule has 2 aliphatic heterocycles. The lowest BCUT2D eigenvalue weighted by atomic mass is 10.1. The minimum absolute atomic E-state index is 0.0106. The summed E-state index contributed by atoms with van der Waals surface area (Å²) >= 11 is 0. The number of hydrogen-bond acceptors (Lipinski definition) is 5. The Kier molecular flexibility index (Phi) is 6.09. The number of rotatable bonds is 4. The van der Waals surface area contributed by atoms with Gasteiger partial charge < -0.3 is 20.3 Å². The molecule has 2 aliphatic rings. The molecule has 2 heterocycles. The van der Waals surface area contributed by atoms with Crippen LogP contribution in [-0.2, 0) is 14.6 Å². The van der Waals surface area contributed by atoms with Crippen LogP contribution < -0.4 is 10.6 Å². The van der Waals surface area contributed by atoms with Crippen molar-refractivity contribution in [2.45, 2.75) is 32.2 Å². The minimum Gasteiger partial charge on any atom is -0.450 e. The number of hydrogen-bond donors (Lipinski definition) is 2. The summed E-state index contributed by atoms with van der Waals surface area (Å²) in [6.45, 7) is 3.63. The Labute approximate surface area is 136 Å². The van der Waals surface area contributed by atoms with Crippen LogP contribution in [0.5, 0.6) is 0 Å². The van der Waals surface area contributed by atoms with Crippen molar-refractivity contribution in [1.29, 1.82) is 0 Å². The molecule has 0 spiro atoms. The van der Waals surface area contributed by atoms with E-state index < -0.39 is 9.84 Å². The van der Waals surface area contributed by atoms with Gasteiger partial charge in [0.25, 0.3) is 0 Å². The highest BCUT2D eigenvalue weighted by molar-refractivity contribution is 7.91. The van der Waals surface area contributed by atoms with Gasteiger partial charge in [-0.15, -0.1) is 0 Å². The van der Waals surface area contributed by atoms with Crippen molar-refractivity contribution in [3.05, 3.63) is 0 Å². The van der Waals surface area contributed by atoms with Gasteiger partial charge in [0.15, 0.2) is 9.84 Å². The average molecular weight is 347 g/mol. The third-order valence-electron chi connectivity index (χ3n) is 4.23. The lowest BCUT2D eigenvalue weighted by Gasteiger charge is -2.31. The van der Waals surface area contributed by atoms with E-state index >= 15 is 0 Å². The van der Waals surface area contributed by atoms with E-state index in [2.05, 4.69) is 10.6 Å². The number of nitrogens with one attached hydrogen (secondary N) is 2. The largest absolute Gasteiger partial charge is 0.450 e. The summed E-state index contributed by atoms with van der Waals surface area (Å²) in [6, 6.07) is -0.253. The lowest BCUT2D eigenvalue weighted by Crippen LogP contribution is -2.49. The second kappa shape index (κ2) is 7.85. The molecule has 132 valence electrons. The molecule has 0 aliphatic carbocycles. The van der Waals surface area contributed by atoms with Gasteiger partial charge in [-0.3, -0.25) is 0 Å². The molecule has 2 saturated heterocycles. The van der Waals surface area contributed by atoms with Crippen molar-refractivity contribution in [2.75, 3.05) is 37.7 Å². The third kappa shape index (κ3) is 5.56. The maximum absolute atomic E-state index is 11.9. The number of piperidine rings is 1. The summed E-state index contributed by atoms with van der Waals surface area (Å²) in [7, 11) is -2.91. The Morgan fingerprint density at radius 3 is 2.48 bits per heavy atom. The van der Waals surface area contributed by atoms with Crippen molar-refractivity contribution < 1.29 is 22.7 Å². The van der Waals surface area contributed by atoms with Crippen LogP contribution in [0.3, 0.4) is 0 Å². The lowest BCUT2D eigenvalue weighted by molar-refractivity contribution is 0.0957. The first kappa shape index (κ1) is 17.8. The Morgan fingerprint density at radius 2 is 1.91 bits per heavy atom. The van der Waals surface area contributed by atoms with Crippen LogP contribution in [0.4, 0.5) is 9.59 Å². The van der Waals surface area contributed by atoms with Gasteiger partial charge in [0, 0.05) is 25.7 Å². The second-order valence-electron chi connectivity index (χ2n) is 6.08. The Morgan fingerprint density at radius 1 is 1.22 bits per heavy atom. The molecule has 2 N–H and O–H groups in total. The molecule has 8 nitrogen and oxygen atoms in total. The van der Waals surface area contributed by atoms with Crippen LogP contribution in [0, 0.1) is 5.92 Å². The van der Waals surface area contributed by atoms with Gasteiger partial charge in [-0.05, 0) is 32.1 Å². The quantitative estimate of drug-likeness (QED) is 0.763. The molecule has 1 unspecified atom stereocenters. The van der Waals surface area contributed by atoms with Gasteiger partial charge in [0.2, 0.25) is 0 Å². The zero-order chi connectivity index (χ0) is 16.9. The van der Waals surface area contributed by atoms with Gasteiger partial charge in [0.05, 0.1) is 18.1 Å². The molecule has 1 atom stereocenters. The van der Waals surface area contributed by atoms with Crippen LogP contribution in [0.25, 0.3) is 0 Å². The monoisotopic (exact) mass is 347 g/mol. The van der Waals surface area contributed by atoms with Gasteiger partial charge in [-0.1, -0.05) is 0 Å². The van der Waals surface area contributed by atoms with Crippen LogP contribution >= 0.6 is 0 Å². The maximum Gasteiger partial charge on any atom is 0.409 e. The van der Waals surface area contributed by atoms with Crippen molar-refractivity contribution in [2.24, 2.45) is 5.92 Å². The predicted octanol–water partition coefficient (Wildman–Crippen LogP) is 0.341. The van der Waals surface area contributed by atoms with Crippen LogP contribution in [0.2, 0.25) is 0 Å². The highest BCUT2D eigenvalue weighted by atomic mass is 32.2. The Bertz CT molecular complexity index is 529. The summed E-state index contributed by atoms with van der Waals surface area (Å²) in [6.07, 6.45) is 1.67. The first-order valence-electron chi connectivity index (χ1n) is 8.06. The molecule has 0 aromatic carbocycles. The van der Waals surface area contributed by atoms with Crippen LogP contribution in [0.1, 0.15) is 26.2 Å². The van der Waals surface area contributed by atoms with E-state index in [0.717, 1.165) is 0 Å². The summed E-state index contributed by atoms with van der Waals surface area (Å²) < 4.78 is 27.7. The Balaban J connectivity index is 1.64. The molecular formula is C14H25N3O5S. The Hall–Kier alpha value is -1.51. The summed E-state index contributed by atoms with van der Waals surface area (Å²) in [5.41, 5.74) is 0. The number of urea groups is 1. The van der Waals surface area contributed by atoms with E-state index in [0.29, 0.717) is 45.5 Å². The summed E-state index contributed by atoms with van der Waals surface area (Å²) in [4.78, 5) is 25.1. The first-order valence-corrected chi connectivity index (χ1v) is 9.88. The zero-order valence-corrected chi connectivity index (χ0v) is 14.2. The highest BCUT2D eigenvalue weighted by Crippen LogP contribution is 2.17. The van der Waals surface area contributed by atoms with Gasteiger partial charge in [0.1, 0.15) is 0 Å². The number of nitrogens with zero attached hydrogens (tertiary/aromatic N) is 1. The molecule has 2 rings (SSSR count). The van der Waals surface area contributed by atoms with Gasteiger partial charge in [-0.25, -0.2) is 18.0 Å². The number of carbonyl (C=O) groups is 2. The summed E-state index contributed by atoms with van der Waals surface area (Å²) in [5.74, 6) is 0.384. The molecule has 0 radical (unpaired) electrons. The fraction of sp³-hybridized carbons (Fsp3) is 0.857. The van der Waals surface area contributed by atoms with Crippen molar-refractivity contribution in [3.8, 4) is 0 Å². The molecule has 9 heteroatoms. The van der Waals surface area contributed by atoms with Gasteiger partial charge >= 0.3 is 12.1 Å². The first-order chi connectivity index (χ1) is 10.9. The molecule has 2 fully saturated rings. The number of sulfone groups is 1. The van der Waals surface area contributed by atoms with Crippen molar-refractivity contribution in [1.82, 2.24) is 15.5 Å². The molecule has 3 amide bonds. The standard InChI is InChI=1S/C14H25N3O5S/c1-2-22-14(19)17-6-3-12(4-7-17)16-13(18)15-9-11-5-8-23(20,21)10-11/h11-12H,2-10H2,1H3,(H2,15,16,18).